The van der Waals surface area contributed by atoms with Gasteiger partial charge in [-0.1, -0.05) is 54.4 Å². The number of aromatic nitrogens is 2. The molecule has 0 amide bonds. The Hall–Kier alpha value is -1.13. The van der Waals surface area contributed by atoms with E-state index in [-0.39, 0.29) is 5.41 Å². The molecule has 2 rings (SSSR count). The molecule has 0 unspecified atom stereocenters. The van der Waals surface area contributed by atoms with Crippen LogP contribution >= 0.6 is 27.5 Å². The van der Waals surface area contributed by atoms with Crippen LogP contribution in [0.5, 0.6) is 0 Å². The third kappa shape index (κ3) is 3.55. The van der Waals surface area contributed by atoms with Gasteiger partial charge in [-0.05, 0) is 31.5 Å². The van der Waals surface area contributed by atoms with Crippen molar-refractivity contribution in [3.05, 3.63) is 44.8 Å². The fraction of sp³-hybridized carbons (Fsp3) is 0.375. The second kappa shape index (κ2) is 5.93. The lowest BCUT2D eigenvalue weighted by molar-refractivity contribution is 0.545. The minimum atomic E-state index is -0.153. The lowest BCUT2D eigenvalue weighted by Crippen LogP contribution is -2.17. The van der Waals surface area contributed by atoms with Gasteiger partial charge in [0.25, 0.3) is 0 Å². The van der Waals surface area contributed by atoms with Crippen LogP contribution in [0, 0.1) is 13.8 Å². The van der Waals surface area contributed by atoms with Crippen molar-refractivity contribution in [1.82, 2.24) is 9.97 Å². The molecule has 0 saturated carbocycles. The Morgan fingerprint density at radius 1 is 1.10 bits per heavy atom. The van der Waals surface area contributed by atoms with Crippen LogP contribution in [0.25, 0.3) is 0 Å². The summed E-state index contributed by atoms with van der Waals surface area (Å²) in [5.74, 6) is 1.48. The zero-order valence-electron chi connectivity index (χ0n) is 12.9. The van der Waals surface area contributed by atoms with Gasteiger partial charge in [0, 0.05) is 21.1 Å². The molecule has 3 nitrogen and oxygen atoms in total. The van der Waals surface area contributed by atoms with E-state index in [2.05, 4.69) is 58.9 Å². The second-order valence-electron chi connectivity index (χ2n) is 6.10. The van der Waals surface area contributed by atoms with Crippen molar-refractivity contribution in [2.24, 2.45) is 0 Å². The molecule has 21 heavy (non-hydrogen) atoms. The maximum Gasteiger partial charge on any atom is 0.138 e. The van der Waals surface area contributed by atoms with Gasteiger partial charge in [-0.15, -0.1) is 0 Å². The summed E-state index contributed by atoms with van der Waals surface area (Å²) in [4.78, 5) is 9.04. The highest BCUT2D eigenvalue weighted by Crippen LogP contribution is 2.30. The molecule has 1 aromatic heterocycles. The summed E-state index contributed by atoms with van der Waals surface area (Å²) in [5.41, 5.74) is 2.83. The maximum absolute atomic E-state index is 6.26. The van der Waals surface area contributed by atoms with Gasteiger partial charge in [-0.2, -0.15) is 0 Å². The van der Waals surface area contributed by atoms with E-state index in [0.717, 1.165) is 32.9 Å². The average Bonchev–Trinajstić information content (AvgIpc) is 2.38. The van der Waals surface area contributed by atoms with E-state index in [9.17, 15) is 0 Å². The fourth-order valence-electron chi connectivity index (χ4n) is 1.82. The van der Waals surface area contributed by atoms with Gasteiger partial charge in [0.2, 0.25) is 0 Å². The van der Waals surface area contributed by atoms with E-state index in [1.807, 2.05) is 25.1 Å². The van der Waals surface area contributed by atoms with Crippen LogP contribution in [0.1, 0.15) is 37.7 Å². The first-order valence-electron chi connectivity index (χ1n) is 6.77. The topological polar surface area (TPSA) is 37.8 Å². The maximum atomic E-state index is 6.26. The highest BCUT2D eigenvalue weighted by Gasteiger charge is 2.21. The summed E-state index contributed by atoms with van der Waals surface area (Å²) < 4.78 is 1.06. The number of hydrogen-bond acceptors (Lipinski definition) is 3. The van der Waals surface area contributed by atoms with Crippen LogP contribution in [-0.2, 0) is 5.41 Å². The van der Waals surface area contributed by atoms with Crippen LogP contribution in [0.2, 0.25) is 5.15 Å². The van der Waals surface area contributed by atoms with Gasteiger partial charge in [-0.25, -0.2) is 9.97 Å². The fourth-order valence-corrected chi connectivity index (χ4v) is 2.35. The number of rotatable bonds is 2. The van der Waals surface area contributed by atoms with Crippen molar-refractivity contribution < 1.29 is 0 Å². The van der Waals surface area contributed by atoms with Crippen molar-refractivity contribution in [3.8, 4) is 0 Å². The molecule has 0 aliphatic heterocycles. The smallest absolute Gasteiger partial charge is 0.138 e. The highest BCUT2D eigenvalue weighted by molar-refractivity contribution is 9.10. The van der Waals surface area contributed by atoms with Crippen molar-refractivity contribution in [3.63, 3.8) is 0 Å². The predicted molar refractivity (Wildman–Crippen MR) is 92.6 cm³/mol. The Labute approximate surface area is 139 Å². The number of anilines is 2. The van der Waals surface area contributed by atoms with Crippen LogP contribution < -0.4 is 5.32 Å². The monoisotopic (exact) mass is 367 g/mol. The number of nitrogens with zero attached hydrogens (tertiary/aromatic N) is 2. The summed E-state index contributed by atoms with van der Waals surface area (Å²) in [6.45, 7) is 10.2. The molecule has 5 heteroatoms. The van der Waals surface area contributed by atoms with Gasteiger partial charge in [0.1, 0.15) is 16.8 Å². The first kappa shape index (κ1) is 16.2. The Morgan fingerprint density at radius 3 is 2.38 bits per heavy atom. The van der Waals surface area contributed by atoms with E-state index in [1.165, 1.54) is 0 Å². The summed E-state index contributed by atoms with van der Waals surface area (Å²) in [5, 5.41) is 3.86. The zero-order valence-corrected chi connectivity index (χ0v) is 15.2. The molecule has 0 aliphatic rings. The van der Waals surface area contributed by atoms with Crippen LogP contribution in [0.3, 0.4) is 0 Å². The summed E-state index contributed by atoms with van der Waals surface area (Å²) in [6.07, 6.45) is 0. The molecule has 0 saturated heterocycles. The standard InChI is InChI=1S/C16H19BrClN3/c1-9-11(17)7-6-8-12(9)19-14-10(2)13(18)20-15(21-14)16(3,4)5/h6-8H,1-5H3,(H,19,20,21). The third-order valence-electron chi connectivity index (χ3n) is 3.28. The molecule has 2 aromatic rings. The Balaban J connectivity index is 2.49. The lowest BCUT2D eigenvalue weighted by atomic mass is 9.95. The predicted octanol–water partition coefficient (Wildman–Crippen LogP) is 5.55. The zero-order chi connectivity index (χ0) is 15.8. The summed E-state index contributed by atoms with van der Waals surface area (Å²) in [6, 6.07) is 6.02. The van der Waals surface area contributed by atoms with Crippen LogP contribution in [0.15, 0.2) is 22.7 Å². The van der Waals surface area contributed by atoms with Crippen LogP contribution in [-0.4, -0.2) is 9.97 Å². The molecule has 0 aliphatic carbocycles. The average molecular weight is 369 g/mol. The first-order valence-corrected chi connectivity index (χ1v) is 7.94. The quantitative estimate of drug-likeness (QED) is 0.706. The molecule has 0 radical (unpaired) electrons. The molecule has 1 heterocycles. The Kier molecular flexibility index (Phi) is 4.59. The van der Waals surface area contributed by atoms with E-state index >= 15 is 0 Å². The highest BCUT2D eigenvalue weighted by atomic mass is 79.9. The Bertz CT molecular complexity index is 678. The first-order chi connectivity index (χ1) is 9.70. The third-order valence-corrected chi connectivity index (χ3v) is 4.51. The van der Waals surface area contributed by atoms with Crippen molar-refractivity contribution in [1.29, 1.82) is 0 Å². The van der Waals surface area contributed by atoms with Crippen molar-refractivity contribution in [2.45, 2.75) is 40.0 Å². The minimum Gasteiger partial charge on any atom is -0.340 e. The SMILES string of the molecule is Cc1c(Br)cccc1Nc1nc(C(C)(C)C)nc(Cl)c1C. The van der Waals surface area contributed by atoms with Gasteiger partial charge in [-0.3, -0.25) is 0 Å². The largest absolute Gasteiger partial charge is 0.340 e. The number of hydrogen-bond donors (Lipinski definition) is 1. The van der Waals surface area contributed by atoms with Gasteiger partial charge in [0.15, 0.2) is 0 Å². The second-order valence-corrected chi connectivity index (χ2v) is 7.31. The summed E-state index contributed by atoms with van der Waals surface area (Å²) in [7, 11) is 0. The van der Waals surface area contributed by atoms with Crippen LogP contribution in [0.4, 0.5) is 11.5 Å². The van der Waals surface area contributed by atoms with E-state index in [0.29, 0.717) is 5.15 Å². The number of benzene rings is 1. The van der Waals surface area contributed by atoms with E-state index in [1.54, 1.807) is 0 Å². The van der Waals surface area contributed by atoms with Gasteiger partial charge in [0.05, 0.1) is 0 Å². The Morgan fingerprint density at radius 2 is 1.76 bits per heavy atom. The normalized spacial score (nSPS) is 11.6. The minimum absolute atomic E-state index is 0.153. The van der Waals surface area contributed by atoms with Crippen molar-refractivity contribution >= 4 is 39.0 Å². The van der Waals surface area contributed by atoms with Gasteiger partial charge < -0.3 is 5.32 Å². The van der Waals surface area contributed by atoms with Crippen molar-refractivity contribution in [2.75, 3.05) is 5.32 Å². The molecule has 1 aromatic carbocycles. The molecule has 0 atom stereocenters. The lowest BCUT2D eigenvalue weighted by Gasteiger charge is -2.20. The molecule has 0 bridgehead atoms. The van der Waals surface area contributed by atoms with Gasteiger partial charge >= 0.3 is 0 Å². The number of nitrogens with one attached hydrogen (secondary N) is 1. The van der Waals surface area contributed by atoms with E-state index < -0.39 is 0 Å². The molecule has 112 valence electrons. The molecular weight excluding hydrogens is 350 g/mol. The molecule has 0 fully saturated rings. The van der Waals surface area contributed by atoms with E-state index in [4.69, 9.17) is 11.6 Å². The molecular formula is C16H19BrClN3. The summed E-state index contributed by atoms with van der Waals surface area (Å²) >= 11 is 9.80. The molecule has 1 N–H and O–H groups in total. The molecule has 0 spiro atoms. The number of halogens is 2.